The zero-order valence-electron chi connectivity index (χ0n) is 9.28. The zero-order valence-corrected chi connectivity index (χ0v) is 9.28. The molecule has 0 saturated heterocycles. The summed E-state index contributed by atoms with van der Waals surface area (Å²) in [6.45, 7) is 1.64. The standard InChI is InChI=1S/C13H11NO3/c1-3-8-5-9(12(14)11(15)4-2)7-10(6-8)13(16)17/h1,5-7,14H,4H2,2H3,(H,16,17). The number of carbonyl (C=O) groups is 2. The fourth-order valence-corrected chi connectivity index (χ4v) is 1.32. The lowest BCUT2D eigenvalue weighted by atomic mass is 9.99. The Morgan fingerprint density at radius 1 is 1.35 bits per heavy atom. The Morgan fingerprint density at radius 3 is 2.41 bits per heavy atom. The van der Waals surface area contributed by atoms with Gasteiger partial charge < -0.3 is 5.11 Å². The molecule has 0 aliphatic heterocycles. The molecule has 0 fully saturated rings. The van der Waals surface area contributed by atoms with Gasteiger partial charge in [0, 0.05) is 17.5 Å². The smallest absolute Gasteiger partial charge is 0.335 e. The number of carbonyl (C=O) groups excluding carboxylic acids is 1. The second kappa shape index (κ2) is 5.08. The number of terminal acetylenes is 1. The summed E-state index contributed by atoms with van der Waals surface area (Å²) in [4.78, 5) is 22.2. The fourth-order valence-electron chi connectivity index (χ4n) is 1.32. The molecule has 2 N–H and O–H groups in total. The van der Waals surface area contributed by atoms with E-state index in [0.29, 0.717) is 5.56 Å². The highest BCUT2D eigenvalue weighted by Crippen LogP contribution is 2.11. The van der Waals surface area contributed by atoms with Gasteiger partial charge in [-0.15, -0.1) is 6.42 Å². The minimum Gasteiger partial charge on any atom is -0.478 e. The second-order valence-corrected chi connectivity index (χ2v) is 3.40. The molecule has 4 nitrogen and oxygen atoms in total. The number of nitrogens with one attached hydrogen (secondary N) is 1. The number of ketones is 1. The van der Waals surface area contributed by atoms with E-state index in [9.17, 15) is 9.59 Å². The van der Waals surface area contributed by atoms with Gasteiger partial charge in [-0.1, -0.05) is 12.8 Å². The summed E-state index contributed by atoms with van der Waals surface area (Å²) >= 11 is 0. The molecule has 0 spiro atoms. The van der Waals surface area contributed by atoms with Gasteiger partial charge >= 0.3 is 5.97 Å². The van der Waals surface area contributed by atoms with Crippen LogP contribution in [0.3, 0.4) is 0 Å². The maximum Gasteiger partial charge on any atom is 0.335 e. The largest absolute Gasteiger partial charge is 0.478 e. The molecule has 4 heteroatoms. The first-order valence-corrected chi connectivity index (χ1v) is 4.96. The van der Waals surface area contributed by atoms with Crippen LogP contribution in [0.25, 0.3) is 0 Å². The lowest BCUT2D eigenvalue weighted by Crippen LogP contribution is -2.14. The van der Waals surface area contributed by atoms with Crippen molar-refractivity contribution in [3.05, 3.63) is 34.9 Å². The fraction of sp³-hybridized carbons (Fsp3) is 0.154. The van der Waals surface area contributed by atoms with Crippen molar-refractivity contribution in [1.82, 2.24) is 0 Å². The molecule has 0 atom stereocenters. The maximum absolute atomic E-state index is 11.4. The van der Waals surface area contributed by atoms with Crippen molar-refractivity contribution >= 4 is 17.5 Å². The third-order valence-electron chi connectivity index (χ3n) is 2.24. The van der Waals surface area contributed by atoms with Crippen molar-refractivity contribution in [3.63, 3.8) is 0 Å². The Hall–Kier alpha value is -2.41. The van der Waals surface area contributed by atoms with E-state index in [2.05, 4.69) is 5.92 Å². The predicted molar refractivity (Wildman–Crippen MR) is 63.5 cm³/mol. The molecule has 1 aromatic carbocycles. The summed E-state index contributed by atoms with van der Waals surface area (Å²) in [5.74, 6) is 0.813. The molecule has 0 heterocycles. The van der Waals surface area contributed by atoms with Crippen LogP contribution in [-0.2, 0) is 4.79 Å². The van der Waals surface area contributed by atoms with Crippen LogP contribution in [0, 0.1) is 17.8 Å². The van der Waals surface area contributed by atoms with E-state index in [4.69, 9.17) is 16.9 Å². The molecule has 86 valence electrons. The van der Waals surface area contributed by atoms with Crippen molar-refractivity contribution in [2.45, 2.75) is 13.3 Å². The van der Waals surface area contributed by atoms with Gasteiger partial charge in [-0.05, 0) is 18.2 Å². The van der Waals surface area contributed by atoms with Crippen molar-refractivity contribution in [2.75, 3.05) is 0 Å². The molecule has 0 radical (unpaired) electrons. The van der Waals surface area contributed by atoms with Crippen LogP contribution >= 0.6 is 0 Å². The Labute approximate surface area is 98.8 Å². The average molecular weight is 229 g/mol. The highest BCUT2D eigenvalue weighted by atomic mass is 16.4. The van der Waals surface area contributed by atoms with E-state index in [-0.39, 0.29) is 29.0 Å². The van der Waals surface area contributed by atoms with Gasteiger partial charge in [0.25, 0.3) is 0 Å². The molecule has 0 unspecified atom stereocenters. The first-order chi connectivity index (χ1) is 7.99. The van der Waals surface area contributed by atoms with Gasteiger partial charge in [-0.2, -0.15) is 0 Å². The number of benzene rings is 1. The van der Waals surface area contributed by atoms with E-state index in [1.165, 1.54) is 18.2 Å². The van der Waals surface area contributed by atoms with Crippen molar-refractivity contribution in [3.8, 4) is 12.3 Å². The molecule has 0 aliphatic rings. The van der Waals surface area contributed by atoms with Crippen LogP contribution in [0.15, 0.2) is 18.2 Å². The van der Waals surface area contributed by atoms with Gasteiger partial charge in [-0.3, -0.25) is 10.2 Å². The highest BCUT2D eigenvalue weighted by Gasteiger charge is 2.13. The molecular weight excluding hydrogens is 218 g/mol. The van der Waals surface area contributed by atoms with E-state index in [1.54, 1.807) is 6.92 Å². The summed E-state index contributed by atoms with van der Waals surface area (Å²) in [6.07, 6.45) is 5.39. The normalized spacial score (nSPS) is 9.41. The lowest BCUT2D eigenvalue weighted by molar-refractivity contribution is -0.112. The Kier molecular flexibility index (Phi) is 3.78. The number of carboxylic acids is 1. The van der Waals surface area contributed by atoms with E-state index < -0.39 is 5.97 Å². The summed E-state index contributed by atoms with van der Waals surface area (Å²) in [5.41, 5.74) is 0.342. The molecule has 0 aliphatic carbocycles. The number of hydrogen-bond donors (Lipinski definition) is 2. The topological polar surface area (TPSA) is 78.2 Å². The Morgan fingerprint density at radius 2 is 1.94 bits per heavy atom. The summed E-state index contributed by atoms with van der Waals surface area (Å²) in [6, 6.07) is 4.07. The number of rotatable bonds is 4. The SMILES string of the molecule is C#Cc1cc(C(=N)C(=O)CC)cc(C(=O)O)c1. The first-order valence-electron chi connectivity index (χ1n) is 4.96. The van der Waals surface area contributed by atoms with E-state index in [1.807, 2.05) is 0 Å². The number of Topliss-reactive ketones (excluding diaryl/α,β-unsaturated/α-hetero) is 1. The molecular formula is C13H11NO3. The predicted octanol–water partition coefficient (Wildman–Crippen LogP) is 1.71. The summed E-state index contributed by atoms with van der Waals surface area (Å²) in [7, 11) is 0. The van der Waals surface area contributed by atoms with Crippen molar-refractivity contribution in [2.24, 2.45) is 0 Å². The molecule has 0 amide bonds. The second-order valence-electron chi connectivity index (χ2n) is 3.40. The van der Waals surface area contributed by atoms with Gasteiger partial charge in [0.15, 0.2) is 5.78 Å². The van der Waals surface area contributed by atoms with Crippen LogP contribution in [0.1, 0.15) is 34.8 Å². The minimum absolute atomic E-state index is 0.0240. The van der Waals surface area contributed by atoms with Gasteiger partial charge in [-0.25, -0.2) is 4.79 Å². The molecule has 0 saturated carbocycles. The van der Waals surface area contributed by atoms with Crippen LogP contribution in [-0.4, -0.2) is 22.6 Å². The molecule has 0 bridgehead atoms. The van der Waals surface area contributed by atoms with Crippen molar-refractivity contribution in [1.29, 1.82) is 5.41 Å². The average Bonchev–Trinajstić information content (AvgIpc) is 2.36. The van der Waals surface area contributed by atoms with Gasteiger partial charge in [0.05, 0.1) is 5.56 Å². The van der Waals surface area contributed by atoms with E-state index in [0.717, 1.165) is 0 Å². The monoisotopic (exact) mass is 229 g/mol. The van der Waals surface area contributed by atoms with Gasteiger partial charge in [0.2, 0.25) is 0 Å². The summed E-state index contributed by atoms with van der Waals surface area (Å²) < 4.78 is 0. The summed E-state index contributed by atoms with van der Waals surface area (Å²) in [5, 5.41) is 16.5. The highest BCUT2D eigenvalue weighted by molar-refractivity contribution is 6.45. The number of carboxylic acid groups (broad SMARTS) is 1. The third-order valence-corrected chi connectivity index (χ3v) is 2.24. The van der Waals surface area contributed by atoms with Crippen LogP contribution in [0.5, 0.6) is 0 Å². The first kappa shape index (κ1) is 12.7. The lowest BCUT2D eigenvalue weighted by Gasteiger charge is -2.04. The Balaban J connectivity index is 3.30. The quantitative estimate of drug-likeness (QED) is 0.609. The third kappa shape index (κ3) is 2.79. The minimum atomic E-state index is -1.14. The number of hydrogen-bond acceptors (Lipinski definition) is 3. The zero-order chi connectivity index (χ0) is 13.0. The van der Waals surface area contributed by atoms with Crippen LogP contribution < -0.4 is 0 Å². The van der Waals surface area contributed by atoms with Crippen LogP contribution in [0.2, 0.25) is 0 Å². The molecule has 1 aromatic rings. The molecule has 17 heavy (non-hydrogen) atoms. The van der Waals surface area contributed by atoms with Crippen LogP contribution in [0.4, 0.5) is 0 Å². The number of aromatic carboxylic acids is 1. The van der Waals surface area contributed by atoms with Gasteiger partial charge in [0.1, 0.15) is 5.71 Å². The molecule has 0 aromatic heterocycles. The van der Waals surface area contributed by atoms with E-state index >= 15 is 0 Å². The van der Waals surface area contributed by atoms with Crippen molar-refractivity contribution < 1.29 is 14.7 Å². The molecule has 1 rings (SSSR count). The Bertz CT molecular complexity index is 538. The maximum atomic E-state index is 11.4.